The van der Waals surface area contributed by atoms with Crippen LogP contribution in [-0.4, -0.2) is 17.6 Å². The van der Waals surface area contributed by atoms with E-state index in [0.717, 1.165) is 33.2 Å². The number of fused-ring (bicyclic) bond motifs is 2. The Hall–Kier alpha value is -3.08. The second-order valence-electron chi connectivity index (χ2n) is 7.47. The molecule has 0 atom stereocenters. The van der Waals surface area contributed by atoms with E-state index in [-0.39, 0.29) is 26.0 Å². The normalized spacial score (nSPS) is 13.4. The van der Waals surface area contributed by atoms with Gasteiger partial charge in [-0.1, -0.05) is 49.4 Å². The molecule has 0 aromatic heterocycles. The monoisotopic (exact) mass is 395 g/mol. The van der Waals surface area contributed by atoms with Gasteiger partial charge in [-0.3, -0.25) is 9.59 Å². The lowest BCUT2D eigenvalue weighted by Crippen LogP contribution is -2.16. The molecule has 3 nitrogen and oxygen atoms in total. The molecule has 5 heteroatoms. The van der Waals surface area contributed by atoms with Crippen molar-refractivity contribution in [3.63, 3.8) is 0 Å². The highest BCUT2D eigenvalue weighted by molar-refractivity contribution is 6.05. The summed E-state index contributed by atoms with van der Waals surface area (Å²) >= 11 is 0. The molecule has 3 aromatic carbocycles. The van der Waals surface area contributed by atoms with E-state index in [9.17, 15) is 18.4 Å². The quantitative estimate of drug-likeness (QED) is 0.501. The van der Waals surface area contributed by atoms with Crippen molar-refractivity contribution in [2.45, 2.75) is 38.5 Å². The Kier molecular flexibility index (Phi) is 4.91. The van der Waals surface area contributed by atoms with Crippen LogP contribution in [0.1, 0.15) is 43.5 Å². The Morgan fingerprint density at radius 3 is 2.76 bits per heavy atom. The van der Waals surface area contributed by atoms with E-state index in [4.69, 9.17) is 0 Å². The topological polar surface area (TPSA) is 46.2 Å². The number of hydrogen-bond acceptors (Lipinski definition) is 2. The maximum absolute atomic E-state index is 13.5. The van der Waals surface area contributed by atoms with Crippen LogP contribution in [0.5, 0.6) is 0 Å². The van der Waals surface area contributed by atoms with Crippen LogP contribution in [0.3, 0.4) is 0 Å². The first-order valence-electron chi connectivity index (χ1n) is 9.73. The molecule has 0 aliphatic carbocycles. The van der Waals surface area contributed by atoms with Gasteiger partial charge in [-0.25, -0.2) is 8.78 Å². The fourth-order valence-corrected chi connectivity index (χ4v) is 3.70. The lowest BCUT2D eigenvalue weighted by Gasteiger charge is -2.13. The van der Waals surface area contributed by atoms with E-state index in [0.29, 0.717) is 12.0 Å². The van der Waals surface area contributed by atoms with E-state index >= 15 is 0 Å². The van der Waals surface area contributed by atoms with Crippen LogP contribution in [-0.2, 0) is 11.2 Å². The average Bonchev–Trinajstić information content (AvgIpc) is 3.10. The minimum absolute atomic E-state index is 0. The lowest BCUT2D eigenvalue weighted by atomic mass is 9.94. The summed E-state index contributed by atoms with van der Waals surface area (Å²) in [6.07, 6.45) is -0.505. The molecule has 0 saturated carbocycles. The predicted octanol–water partition coefficient (Wildman–Crippen LogP) is 6.26. The van der Waals surface area contributed by atoms with Crippen LogP contribution in [0.15, 0.2) is 54.6 Å². The Morgan fingerprint density at radius 2 is 1.97 bits per heavy atom. The SMILES string of the molecule is CCC(F)(F)CCC(=O)c1ccc2cccc(-c3ccc4c(c3)NC(=O)C4)c2c1.[HH]. The first-order chi connectivity index (χ1) is 13.9. The minimum atomic E-state index is -2.81. The summed E-state index contributed by atoms with van der Waals surface area (Å²) in [6.45, 7) is 1.42. The second kappa shape index (κ2) is 7.39. The van der Waals surface area contributed by atoms with Crippen molar-refractivity contribution in [2.24, 2.45) is 0 Å². The van der Waals surface area contributed by atoms with Gasteiger partial charge in [0.25, 0.3) is 0 Å². The molecule has 1 heterocycles. The van der Waals surface area contributed by atoms with Gasteiger partial charge in [-0.2, -0.15) is 0 Å². The van der Waals surface area contributed by atoms with Crippen molar-refractivity contribution in [1.29, 1.82) is 0 Å². The summed E-state index contributed by atoms with van der Waals surface area (Å²) in [5, 5.41) is 4.70. The average molecular weight is 395 g/mol. The zero-order valence-corrected chi connectivity index (χ0v) is 16.1. The Labute approximate surface area is 169 Å². The fraction of sp³-hybridized carbons (Fsp3) is 0.250. The Bertz CT molecular complexity index is 1130. The highest BCUT2D eigenvalue weighted by atomic mass is 19.3. The van der Waals surface area contributed by atoms with Crippen molar-refractivity contribution in [1.82, 2.24) is 0 Å². The van der Waals surface area contributed by atoms with Crippen molar-refractivity contribution in [3.05, 3.63) is 65.7 Å². The number of benzene rings is 3. The number of ketones is 1. The largest absolute Gasteiger partial charge is 0.326 e. The van der Waals surface area contributed by atoms with Gasteiger partial charge >= 0.3 is 0 Å². The Balaban J connectivity index is 0.00000256. The third-order valence-corrected chi connectivity index (χ3v) is 5.49. The standard InChI is InChI=1S/C24H21F2NO2.H2/c1-2-24(25,26)11-10-22(28)18-9-6-15-4-3-5-19(20(15)12-18)16-7-8-17-14-23(29)27-21(17)13-16;/h3-9,12-13H,2,10-11,14H2,1H3,(H,27,29);1H. The molecule has 0 fully saturated rings. The van der Waals surface area contributed by atoms with Crippen LogP contribution in [0.2, 0.25) is 0 Å². The van der Waals surface area contributed by atoms with E-state index in [1.54, 1.807) is 12.1 Å². The molecular weight excluding hydrogens is 372 g/mol. The zero-order chi connectivity index (χ0) is 20.6. The van der Waals surface area contributed by atoms with Gasteiger partial charge in [0.1, 0.15) is 0 Å². The zero-order valence-electron chi connectivity index (χ0n) is 16.1. The smallest absolute Gasteiger partial charge is 0.248 e. The number of alkyl halides is 2. The maximum atomic E-state index is 13.5. The van der Waals surface area contributed by atoms with Gasteiger partial charge in [0, 0.05) is 31.9 Å². The number of halogens is 2. The van der Waals surface area contributed by atoms with E-state index in [2.05, 4.69) is 5.32 Å². The number of hydrogen-bond donors (Lipinski definition) is 1. The molecule has 0 unspecified atom stereocenters. The number of rotatable bonds is 6. The third-order valence-electron chi connectivity index (χ3n) is 5.49. The van der Waals surface area contributed by atoms with Crippen LogP contribution in [0, 0.1) is 0 Å². The van der Waals surface area contributed by atoms with Crippen LogP contribution >= 0.6 is 0 Å². The lowest BCUT2D eigenvalue weighted by molar-refractivity contribution is -0.115. The van der Waals surface area contributed by atoms with E-state index < -0.39 is 12.3 Å². The fourth-order valence-electron chi connectivity index (χ4n) is 3.70. The molecular formula is C24H23F2NO2. The first-order valence-corrected chi connectivity index (χ1v) is 9.73. The van der Waals surface area contributed by atoms with Gasteiger partial charge < -0.3 is 5.32 Å². The predicted molar refractivity (Wildman–Crippen MR) is 113 cm³/mol. The molecule has 4 rings (SSSR count). The molecule has 3 aromatic rings. The maximum Gasteiger partial charge on any atom is 0.248 e. The van der Waals surface area contributed by atoms with Gasteiger partial charge in [0.15, 0.2) is 5.78 Å². The number of amides is 1. The molecule has 1 aliphatic heterocycles. The van der Waals surface area contributed by atoms with E-state index in [1.165, 1.54) is 6.92 Å². The molecule has 0 bridgehead atoms. The van der Waals surface area contributed by atoms with Gasteiger partial charge in [0.2, 0.25) is 11.8 Å². The number of anilines is 1. The number of carbonyl (C=O) groups excluding carboxylic acids is 2. The summed E-state index contributed by atoms with van der Waals surface area (Å²) in [6, 6.07) is 17.0. The van der Waals surface area contributed by atoms with Crippen LogP contribution in [0.4, 0.5) is 14.5 Å². The van der Waals surface area contributed by atoms with Crippen LogP contribution in [0.25, 0.3) is 21.9 Å². The summed E-state index contributed by atoms with van der Waals surface area (Å²) < 4.78 is 27.0. The number of Topliss-reactive ketones (excluding diaryl/α,β-unsaturated/α-hetero) is 1. The highest BCUT2D eigenvalue weighted by Gasteiger charge is 2.27. The van der Waals surface area contributed by atoms with Gasteiger partial charge in [-0.15, -0.1) is 0 Å². The van der Waals surface area contributed by atoms with E-state index in [1.807, 2.05) is 42.5 Å². The van der Waals surface area contributed by atoms with Crippen LogP contribution < -0.4 is 5.32 Å². The molecule has 1 N–H and O–H groups in total. The van der Waals surface area contributed by atoms with Gasteiger partial charge in [-0.05, 0) is 39.6 Å². The molecule has 0 spiro atoms. The minimum Gasteiger partial charge on any atom is -0.326 e. The first kappa shape index (κ1) is 19.2. The summed E-state index contributed by atoms with van der Waals surface area (Å²) in [5.74, 6) is -3.12. The molecule has 0 saturated heterocycles. The Morgan fingerprint density at radius 1 is 1.14 bits per heavy atom. The van der Waals surface area contributed by atoms with Crippen molar-refractivity contribution in [2.75, 3.05) is 5.32 Å². The van der Waals surface area contributed by atoms with Crippen molar-refractivity contribution >= 4 is 28.2 Å². The molecule has 150 valence electrons. The highest BCUT2D eigenvalue weighted by Crippen LogP contribution is 2.34. The number of nitrogens with one attached hydrogen (secondary N) is 1. The molecule has 29 heavy (non-hydrogen) atoms. The molecule has 0 radical (unpaired) electrons. The van der Waals surface area contributed by atoms with Crippen molar-refractivity contribution in [3.8, 4) is 11.1 Å². The summed E-state index contributed by atoms with van der Waals surface area (Å²) in [4.78, 5) is 24.1. The van der Waals surface area contributed by atoms with Gasteiger partial charge in [0.05, 0.1) is 6.42 Å². The number of carbonyl (C=O) groups is 2. The molecule has 1 amide bonds. The summed E-state index contributed by atoms with van der Waals surface area (Å²) in [5.41, 5.74) is 4.07. The molecule has 1 aliphatic rings. The third kappa shape index (κ3) is 3.90. The summed E-state index contributed by atoms with van der Waals surface area (Å²) in [7, 11) is 0. The van der Waals surface area contributed by atoms with Crippen molar-refractivity contribution < 1.29 is 19.8 Å². The second-order valence-corrected chi connectivity index (χ2v) is 7.47.